The van der Waals surface area contributed by atoms with E-state index in [1.807, 2.05) is 26.0 Å². The molecule has 21 heavy (non-hydrogen) atoms. The first-order valence-corrected chi connectivity index (χ1v) is 8.55. The predicted molar refractivity (Wildman–Crippen MR) is 82.7 cm³/mol. The van der Waals surface area contributed by atoms with Crippen LogP contribution in [0.3, 0.4) is 0 Å². The summed E-state index contributed by atoms with van der Waals surface area (Å²) >= 11 is 0. The molecule has 0 aliphatic carbocycles. The third kappa shape index (κ3) is 6.14. The molecule has 2 N–H and O–H groups in total. The van der Waals surface area contributed by atoms with Gasteiger partial charge in [0.1, 0.15) is 0 Å². The number of nitrogens with zero attached hydrogens (tertiary/aromatic N) is 1. The molecule has 0 aliphatic rings. The Morgan fingerprint density at radius 3 is 2.43 bits per heavy atom. The third-order valence-corrected chi connectivity index (χ3v) is 4.43. The van der Waals surface area contributed by atoms with Crippen LogP contribution in [0.2, 0.25) is 0 Å². The van der Waals surface area contributed by atoms with Crippen molar-refractivity contribution in [2.24, 2.45) is 0 Å². The Balaban J connectivity index is 2.85. The molecule has 0 radical (unpaired) electrons. The Hall–Kier alpha value is -1.60. The van der Waals surface area contributed by atoms with Gasteiger partial charge in [0.2, 0.25) is 10.0 Å². The average Bonchev–Trinajstić information content (AvgIpc) is 2.44. The van der Waals surface area contributed by atoms with Crippen LogP contribution in [0.1, 0.15) is 25.8 Å². The highest BCUT2D eigenvalue weighted by Crippen LogP contribution is 2.18. The summed E-state index contributed by atoms with van der Waals surface area (Å²) < 4.78 is 26.3. The van der Waals surface area contributed by atoms with Crippen LogP contribution in [0, 0.1) is 0 Å². The van der Waals surface area contributed by atoms with Gasteiger partial charge in [-0.05, 0) is 24.7 Å². The number of carboxylic acid groups (broad SMARTS) is 1. The summed E-state index contributed by atoms with van der Waals surface area (Å²) in [6.07, 6.45) is -0.409. The normalized spacial score (nSPS) is 11.6. The predicted octanol–water partition coefficient (Wildman–Crippen LogP) is 1.74. The molecule has 0 spiro atoms. The van der Waals surface area contributed by atoms with Gasteiger partial charge < -0.3 is 5.11 Å². The first kappa shape index (κ1) is 17.5. The molecular weight excluding hydrogens is 292 g/mol. The van der Waals surface area contributed by atoms with Gasteiger partial charge in [-0.15, -0.1) is 0 Å². The van der Waals surface area contributed by atoms with Crippen molar-refractivity contribution in [3.63, 3.8) is 0 Å². The Morgan fingerprint density at radius 1 is 1.24 bits per heavy atom. The van der Waals surface area contributed by atoms with Gasteiger partial charge in [0, 0.05) is 6.54 Å². The maximum atomic E-state index is 11.9. The van der Waals surface area contributed by atoms with Crippen molar-refractivity contribution >= 4 is 21.7 Å². The smallest absolute Gasteiger partial charge is 0.304 e. The minimum Gasteiger partial charge on any atom is -0.481 e. The number of para-hydroxylation sites is 1. The molecule has 0 heterocycles. The van der Waals surface area contributed by atoms with Crippen LogP contribution in [-0.4, -0.2) is 43.2 Å². The maximum absolute atomic E-state index is 11.9. The minimum absolute atomic E-state index is 0.409. The van der Waals surface area contributed by atoms with Crippen LogP contribution >= 0.6 is 0 Å². The lowest BCUT2D eigenvalue weighted by Gasteiger charge is -2.20. The second-order valence-electron chi connectivity index (χ2n) is 4.68. The Morgan fingerprint density at radius 2 is 1.86 bits per heavy atom. The third-order valence-electron chi connectivity index (χ3n) is 3.16. The zero-order chi connectivity index (χ0) is 15.9. The number of carboxylic acids is 1. The van der Waals surface area contributed by atoms with Crippen LogP contribution in [0.5, 0.6) is 0 Å². The number of anilines is 1. The van der Waals surface area contributed by atoms with E-state index in [1.165, 1.54) is 0 Å². The lowest BCUT2D eigenvalue weighted by Crippen LogP contribution is -2.24. The van der Waals surface area contributed by atoms with Gasteiger partial charge in [0.25, 0.3) is 0 Å². The van der Waals surface area contributed by atoms with Crippen LogP contribution in [0.4, 0.5) is 5.69 Å². The molecule has 0 aromatic heterocycles. The van der Waals surface area contributed by atoms with Gasteiger partial charge in [0.05, 0.1) is 17.9 Å². The molecule has 0 aliphatic heterocycles. The molecule has 118 valence electrons. The number of sulfonamides is 1. The standard InChI is InChI=1S/C14H22N2O4S/c1-3-16(4-2)11-12-7-5-6-8-13(12)15-21(19,20)10-9-14(17)18/h5-8,15H,3-4,9-11H2,1-2H3,(H,17,18). The minimum atomic E-state index is -3.65. The molecule has 0 saturated heterocycles. The average molecular weight is 314 g/mol. The van der Waals surface area contributed by atoms with Gasteiger partial charge in [-0.3, -0.25) is 14.4 Å². The Bertz CT molecular complexity index is 568. The van der Waals surface area contributed by atoms with E-state index < -0.39 is 28.2 Å². The van der Waals surface area contributed by atoms with Gasteiger partial charge >= 0.3 is 5.97 Å². The number of nitrogens with one attached hydrogen (secondary N) is 1. The van der Waals surface area contributed by atoms with Crippen LogP contribution in [-0.2, 0) is 21.4 Å². The van der Waals surface area contributed by atoms with Gasteiger partial charge in [-0.25, -0.2) is 8.42 Å². The van der Waals surface area contributed by atoms with E-state index in [4.69, 9.17) is 5.11 Å². The summed E-state index contributed by atoms with van der Waals surface area (Å²) in [7, 11) is -3.65. The highest BCUT2D eigenvalue weighted by Gasteiger charge is 2.15. The highest BCUT2D eigenvalue weighted by molar-refractivity contribution is 7.92. The van der Waals surface area contributed by atoms with Crippen molar-refractivity contribution in [1.29, 1.82) is 0 Å². The van der Waals surface area contributed by atoms with Gasteiger partial charge in [-0.2, -0.15) is 0 Å². The number of hydrogen-bond acceptors (Lipinski definition) is 4. The molecule has 1 aromatic carbocycles. The van der Waals surface area contributed by atoms with Crippen molar-refractivity contribution in [3.8, 4) is 0 Å². The molecule has 7 heteroatoms. The summed E-state index contributed by atoms with van der Waals surface area (Å²) in [5.41, 5.74) is 1.38. The van der Waals surface area contributed by atoms with E-state index in [9.17, 15) is 13.2 Å². The Kier molecular flexibility index (Phi) is 6.64. The molecule has 0 unspecified atom stereocenters. The number of benzene rings is 1. The van der Waals surface area contributed by atoms with E-state index in [0.717, 1.165) is 18.7 Å². The highest BCUT2D eigenvalue weighted by atomic mass is 32.2. The van der Waals surface area contributed by atoms with Crippen LogP contribution in [0.25, 0.3) is 0 Å². The van der Waals surface area contributed by atoms with E-state index in [2.05, 4.69) is 9.62 Å². The Labute approximate surface area is 125 Å². The number of rotatable bonds is 9. The fourth-order valence-corrected chi connectivity index (χ4v) is 2.97. The van der Waals surface area contributed by atoms with E-state index in [-0.39, 0.29) is 0 Å². The first-order chi connectivity index (χ1) is 9.88. The van der Waals surface area contributed by atoms with Crippen LogP contribution in [0.15, 0.2) is 24.3 Å². The second-order valence-corrected chi connectivity index (χ2v) is 6.53. The van der Waals surface area contributed by atoms with Crippen molar-refractivity contribution in [3.05, 3.63) is 29.8 Å². The van der Waals surface area contributed by atoms with Gasteiger partial charge in [0.15, 0.2) is 0 Å². The summed E-state index contributed by atoms with van der Waals surface area (Å²) in [5.74, 6) is -1.56. The molecule has 1 rings (SSSR count). The molecule has 0 atom stereocenters. The maximum Gasteiger partial charge on any atom is 0.304 e. The summed E-state index contributed by atoms with van der Waals surface area (Å²) in [4.78, 5) is 12.7. The van der Waals surface area contributed by atoms with Crippen molar-refractivity contribution < 1.29 is 18.3 Å². The van der Waals surface area contributed by atoms with E-state index >= 15 is 0 Å². The SMILES string of the molecule is CCN(CC)Cc1ccccc1NS(=O)(=O)CCC(=O)O. The summed E-state index contributed by atoms with van der Waals surface area (Å²) in [6, 6.07) is 7.17. The lowest BCUT2D eigenvalue weighted by molar-refractivity contribution is -0.136. The molecule has 0 saturated carbocycles. The number of hydrogen-bond donors (Lipinski definition) is 2. The monoisotopic (exact) mass is 314 g/mol. The molecular formula is C14H22N2O4S. The van der Waals surface area contributed by atoms with Crippen LogP contribution < -0.4 is 4.72 Å². The number of carbonyl (C=O) groups is 1. The summed E-state index contributed by atoms with van der Waals surface area (Å²) in [5, 5.41) is 8.58. The van der Waals surface area contributed by atoms with E-state index in [1.54, 1.807) is 12.1 Å². The molecule has 1 aromatic rings. The van der Waals surface area contributed by atoms with Gasteiger partial charge in [-0.1, -0.05) is 32.0 Å². The molecule has 0 bridgehead atoms. The topological polar surface area (TPSA) is 86.7 Å². The zero-order valence-electron chi connectivity index (χ0n) is 12.4. The molecule has 0 fully saturated rings. The first-order valence-electron chi connectivity index (χ1n) is 6.90. The molecule has 6 nitrogen and oxygen atoms in total. The largest absolute Gasteiger partial charge is 0.481 e. The van der Waals surface area contributed by atoms with Crippen molar-refractivity contribution in [2.75, 3.05) is 23.6 Å². The quantitative estimate of drug-likeness (QED) is 0.725. The van der Waals surface area contributed by atoms with E-state index in [0.29, 0.717) is 12.2 Å². The second kappa shape index (κ2) is 7.99. The van der Waals surface area contributed by atoms with Crippen molar-refractivity contribution in [1.82, 2.24) is 4.90 Å². The fraction of sp³-hybridized carbons (Fsp3) is 0.500. The number of aliphatic carboxylic acids is 1. The zero-order valence-corrected chi connectivity index (χ0v) is 13.2. The van der Waals surface area contributed by atoms with Crippen molar-refractivity contribution in [2.45, 2.75) is 26.8 Å². The molecule has 0 amide bonds. The summed E-state index contributed by atoms with van der Waals surface area (Å²) in [6.45, 7) is 6.48. The fourth-order valence-electron chi connectivity index (χ4n) is 1.89. The lowest BCUT2D eigenvalue weighted by atomic mass is 10.1.